The Morgan fingerprint density at radius 1 is 1.16 bits per heavy atom. The molecule has 0 saturated carbocycles. The number of carbonyl (C=O) groups is 2. The van der Waals surface area contributed by atoms with Gasteiger partial charge in [-0.1, -0.05) is 23.4 Å². The molecule has 10 heteroatoms. The maximum Gasteiger partial charge on any atom is 0.230 e. The number of aryl methyl sites for hydroxylation is 2. The largest absolute Gasteiger partial charge is 0.342 e. The number of anilines is 1. The Hall–Kier alpha value is -4.52. The molecule has 2 aromatic carbocycles. The van der Waals surface area contributed by atoms with E-state index in [1.54, 1.807) is 29.2 Å². The maximum atomic E-state index is 13.3. The lowest BCUT2D eigenvalue weighted by molar-refractivity contribution is -0.136. The van der Waals surface area contributed by atoms with Crippen LogP contribution in [0.2, 0.25) is 0 Å². The summed E-state index contributed by atoms with van der Waals surface area (Å²) in [4.78, 5) is 34.0. The van der Waals surface area contributed by atoms with Crippen molar-refractivity contribution in [1.29, 1.82) is 5.26 Å². The van der Waals surface area contributed by atoms with Crippen LogP contribution in [0.4, 0.5) is 5.69 Å². The van der Waals surface area contributed by atoms with Crippen molar-refractivity contribution < 1.29 is 14.1 Å². The first-order valence-corrected chi connectivity index (χ1v) is 12.8. The van der Waals surface area contributed by atoms with Crippen molar-refractivity contribution in [1.82, 2.24) is 24.8 Å². The molecule has 10 nitrogen and oxygen atoms in total. The monoisotopic (exact) mass is 509 g/mol. The molecular formula is C28H27N7O3. The predicted molar refractivity (Wildman–Crippen MR) is 139 cm³/mol. The predicted octanol–water partition coefficient (Wildman–Crippen LogP) is 3.56. The van der Waals surface area contributed by atoms with Crippen molar-refractivity contribution >= 4 is 28.4 Å². The molecule has 4 heterocycles. The Morgan fingerprint density at radius 2 is 1.97 bits per heavy atom. The third kappa shape index (κ3) is 4.20. The van der Waals surface area contributed by atoms with E-state index in [-0.39, 0.29) is 30.1 Å². The Kier molecular flexibility index (Phi) is 5.91. The summed E-state index contributed by atoms with van der Waals surface area (Å²) in [7, 11) is 1.92. The lowest BCUT2D eigenvalue weighted by Crippen LogP contribution is -2.42. The van der Waals surface area contributed by atoms with Gasteiger partial charge in [0, 0.05) is 55.7 Å². The number of benzene rings is 2. The van der Waals surface area contributed by atoms with Gasteiger partial charge >= 0.3 is 0 Å². The fraction of sp³-hybridized carbons (Fsp3) is 0.357. The Morgan fingerprint density at radius 3 is 2.76 bits per heavy atom. The SMILES string of the molecule is Cc1nn(C)c2cc(-c3noc(C4CCN(C(=O)C5CC(=O)N(c6cccc(C#N)c6)C5)CC4)n3)ccc12. The van der Waals surface area contributed by atoms with Crippen LogP contribution in [0.5, 0.6) is 0 Å². The molecule has 2 saturated heterocycles. The average molecular weight is 510 g/mol. The van der Waals surface area contributed by atoms with E-state index in [1.807, 2.05) is 41.8 Å². The van der Waals surface area contributed by atoms with E-state index in [4.69, 9.17) is 9.78 Å². The third-order valence-corrected chi connectivity index (χ3v) is 7.65. The zero-order chi connectivity index (χ0) is 26.4. The van der Waals surface area contributed by atoms with Crippen molar-refractivity contribution in [2.75, 3.05) is 24.5 Å². The van der Waals surface area contributed by atoms with E-state index in [2.05, 4.69) is 21.3 Å². The molecule has 1 unspecified atom stereocenters. The van der Waals surface area contributed by atoms with E-state index in [0.29, 0.717) is 42.6 Å². The van der Waals surface area contributed by atoms with Gasteiger partial charge in [0.25, 0.3) is 0 Å². The molecule has 6 rings (SSSR count). The van der Waals surface area contributed by atoms with E-state index in [0.717, 1.165) is 35.0 Å². The summed E-state index contributed by atoms with van der Waals surface area (Å²) in [6, 6.07) is 15.1. The van der Waals surface area contributed by atoms with Gasteiger partial charge in [-0.2, -0.15) is 15.3 Å². The number of nitriles is 1. The first-order chi connectivity index (χ1) is 18.4. The molecule has 0 spiro atoms. The van der Waals surface area contributed by atoms with Crippen LogP contribution in [0.15, 0.2) is 47.0 Å². The first-order valence-electron chi connectivity index (χ1n) is 12.8. The summed E-state index contributed by atoms with van der Waals surface area (Å²) in [6.45, 7) is 3.48. The van der Waals surface area contributed by atoms with Crippen LogP contribution in [-0.2, 0) is 16.6 Å². The molecule has 0 bridgehead atoms. The minimum atomic E-state index is -0.384. The number of hydrogen-bond acceptors (Lipinski definition) is 7. The molecule has 2 amide bonds. The van der Waals surface area contributed by atoms with Crippen molar-refractivity contribution in [2.45, 2.75) is 32.1 Å². The average Bonchev–Trinajstić information content (AvgIpc) is 3.66. The van der Waals surface area contributed by atoms with E-state index >= 15 is 0 Å². The molecule has 2 aliphatic rings. The fourth-order valence-electron chi connectivity index (χ4n) is 5.57. The maximum absolute atomic E-state index is 13.3. The molecule has 2 aliphatic heterocycles. The number of likely N-dealkylation sites (tertiary alicyclic amines) is 1. The summed E-state index contributed by atoms with van der Waals surface area (Å²) in [5.41, 5.74) is 4.02. The highest BCUT2D eigenvalue weighted by Crippen LogP contribution is 2.32. The topological polar surface area (TPSA) is 121 Å². The molecule has 4 aromatic rings. The minimum Gasteiger partial charge on any atom is -0.342 e. The number of aromatic nitrogens is 4. The molecule has 0 radical (unpaired) electrons. The zero-order valence-electron chi connectivity index (χ0n) is 21.3. The van der Waals surface area contributed by atoms with Gasteiger partial charge in [-0.15, -0.1) is 0 Å². The first kappa shape index (κ1) is 23.9. The highest BCUT2D eigenvalue weighted by atomic mass is 16.5. The summed E-state index contributed by atoms with van der Waals surface area (Å²) in [6.07, 6.45) is 1.63. The second kappa shape index (κ2) is 9.41. The van der Waals surface area contributed by atoms with Gasteiger partial charge in [0.1, 0.15) is 0 Å². The Balaban J connectivity index is 1.09. The van der Waals surface area contributed by atoms with Crippen LogP contribution in [0, 0.1) is 24.2 Å². The quantitative estimate of drug-likeness (QED) is 0.412. The highest BCUT2D eigenvalue weighted by molar-refractivity contribution is 6.00. The number of nitrogens with zero attached hydrogens (tertiary/aromatic N) is 7. The fourth-order valence-corrected chi connectivity index (χ4v) is 5.57. The summed E-state index contributed by atoms with van der Waals surface area (Å²) < 4.78 is 7.49. The normalized spacial score (nSPS) is 18.3. The van der Waals surface area contributed by atoms with Crippen LogP contribution in [-0.4, -0.2) is 56.3 Å². The third-order valence-electron chi connectivity index (χ3n) is 7.65. The van der Waals surface area contributed by atoms with Crippen molar-refractivity contribution in [2.24, 2.45) is 13.0 Å². The van der Waals surface area contributed by atoms with E-state index in [9.17, 15) is 9.59 Å². The zero-order valence-corrected chi connectivity index (χ0v) is 21.3. The second-order valence-electron chi connectivity index (χ2n) is 10.1. The molecule has 2 fully saturated rings. The van der Waals surface area contributed by atoms with Crippen molar-refractivity contribution in [3.05, 3.63) is 59.6 Å². The minimum absolute atomic E-state index is 0.00160. The van der Waals surface area contributed by atoms with Gasteiger partial charge in [-0.25, -0.2) is 0 Å². The second-order valence-corrected chi connectivity index (χ2v) is 10.1. The Labute approximate surface area is 219 Å². The lowest BCUT2D eigenvalue weighted by atomic mass is 9.95. The molecule has 192 valence electrons. The van der Waals surface area contributed by atoms with Gasteiger partial charge in [0.15, 0.2) is 0 Å². The van der Waals surface area contributed by atoms with Crippen molar-refractivity contribution in [3.63, 3.8) is 0 Å². The summed E-state index contributed by atoms with van der Waals surface area (Å²) in [5.74, 6) is 0.744. The van der Waals surface area contributed by atoms with Gasteiger partial charge in [0.2, 0.25) is 23.5 Å². The standard InChI is InChI=1S/C28H27N7O3/c1-17-23-7-6-20(13-24(23)33(2)31-17)26-30-27(38-32-26)19-8-10-34(11-9-19)28(37)21-14-25(36)35(16-21)22-5-3-4-18(12-22)15-29/h3-7,12-13,19,21H,8-11,14,16H2,1-2H3. The number of rotatable bonds is 4. The number of fused-ring (bicyclic) bond motifs is 1. The van der Waals surface area contributed by atoms with Crippen LogP contribution >= 0.6 is 0 Å². The summed E-state index contributed by atoms with van der Waals surface area (Å²) in [5, 5.41) is 18.9. The smallest absolute Gasteiger partial charge is 0.230 e. The molecular weight excluding hydrogens is 482 g/mol. The lowest BCUT2D eigenvalue weighted by Gasteiger charge is -2.32. The number of hydrogen-bond donors (Lipinski definition) is 0. The van der Waals surface area contributed by atoms with Gasteiger partial charge in [-0.3, -0.25) is 14.3 Å². The molecule has 2 aromatic heterocycles. The van der Waals surface area contributed by atoms with Crippen LogP contribution in [0.3, 0.4) is 0 Å². The van der Waals surface area contributed by atoms with Crippen LogP contribution in [0.1, 0.15) is 42.3 Å². The highest BCUT2D eigenvalue weighted by Gasteiger charge is 2.38. The van der Waals surface area contributed by atoms with E-state index < -0.39 is 0 Å². The molecule has 38 heavy (non-hydrogen) atoms. The van der Waals surface area contributed by atoms with Gasteiger partial charge < -0.3 is 14.3 Å². The number of piperidine rings is 1. The van der Waals surface area contributed by atoms with Gasteiger partial charge in [0.05, 0.1) is 28.8 Å². The molecule has 0 N–H and O–H groups in total. The summed E-state index contributed by atoms with van der Waals surface area (Å²) >= 11 is 0. The van der Waals surface area contributed by atoms with E-state index in [1.165, 1.54) is 0 Å². The molecule has 1 atom stereocenters. The van der Waals surface area contributed by atoms with Gasteiger partial charge in [-0.05, 0) is 44.0 Å². The number of carbonyl (C=O) groups excluding carboxylic acids is 2. The van der Waals surface area contributed by atoms with Crippen LogP contribution in [0.25, 0.3) is 22.3 Å². The van der Waals surface area contributed by atoms with Crippen LogP contribution < -0.4 is 4.90 Å². The number of amides is 2. The Bertz CT molecular complexity index is 1590. The molecule has 0 aliphatic carbocycles. The van der Waals surface area contributed by atoms with Crippen molar-refractivity contribution in [3.8, 4) is 17.5 Å².